The van der Waals surface area contributed by atoms with Gasteiger partial charge in [-0.15, -0.1) is 11.3 Å². The molecule has 0 spiro atoms. The minimum Gasteiger partial charge on any atom is -0.244 e. The van der Waals surface area contributed by atoms with Crippen LogP contribution in [0.4, 0.5) is 0 Å². The van der Waals surface area contributed by atoms with Crippen molar-refractivity contribution in [2.75, 3.05) is 0 Å². The van der Waals surface area contributed by atoms with Crippen LogP contribution in [0.1, 0.15) is 24.6 Å². The largest absolute Gasteiger partial charge is 0.244 e. The summed E-state index contributed by atoms with van der Waals surface area (Å²) in [5, 5.41) is 1.12. The fraction of sp³-hybridized carbons (Fsp3) is 0.250. The van der Waals surface area contributed by atoms with Crippen molar-refractivity contribution in [3.05, 3.63) is 41.4 Å². The first-order chi connectivity index (χ1) is 6.77. The monoisotopic (exact) mass is 203 g/mol. The molecule has 0 aliphatic heterocycles. The molecule has 0 atom stereocenters. The molecule has 72 valence electrons. The van der Waals surface area contributed by atoms with Gasteiger partial charge in [0.15, 0.2) is 0 Å². The highest BCUT2D eigenvalue weighted by atomic mass is 32.1. The van der Waals surface area contributed by atoms with Crippen molar-refractivity contribution in [2.24, 2.45) is 0 Å². The summed E-state index contributed by atoms with van der Waals surface area (Å²) < 4.78 is 0. The lowest BCUT2D eigenvalue weighted by atomic mass is 10.2. The number of rotatable bonds is 2. The van der Waals surface area contributed by atoms with Crippen LogP contribution in [0.25, 0.3) is 10.6 Å². The second-order valence-electron chi connectivity index (χ2n) is 3.59. The predicted molar refractivity (Wildman–Crippen MR) is 61.6 cm³/mol. The summed E-state index contributed by atoms with van der Waals surface area (Å²) in [4.78, 5) is 5.78. The summed E-state index contributed by atoms with van der Waals surface area (Å²) in [5.74, 6) is 0.574. The third-order valence-electron chi connectivity index (χ3n) is 2.11. The van der Waals surface area contributed by atoms with Crippen LogP contribution in [0.3, 0.4) is 0 Å². The zero-order valence-corrected chi connectivity index (χ0v) is 9.21. The average Bonchev–Trinajstić information content (AvgIpc) is 2.68. The van der Waals surface area contributed by atoms with E-state index in [9.17, 15) is 0 Å². The van der Waals surface area contributed by atoms with Crippen LogP contribution in [0.5, 0.6) is 0 Å². The molecule has 0 aliphatic rings. The minimum absolute atomic E-state index is 0.574. The third kappa shape index (κ3) is 1.85. The number of nitrogens with zero attached hydrogens (tertiary/aromatic N) is 1. The Kier molecular flexibility index (Phi) is 2.64. The van der Waals surface area contributed by atoms with Gasteiger partial charge in [-0.05, 0) is 5.92 Å². The first kappa shape index (κ1) is 9.41. The van der Waals surface area contributed by atoms with Crippen molar-refractivity contribution < 1.29 is 0 Å². The molecule has 2 aromatic rings. The third-order valence-corrected chi connectivity index (χ3v) is 3.46. The van der Waals surface area contributed by atoms with Crippen LogP contribution in [0, 0.1) is 0 Å². The Bertz CT molecular complexity index is 403. The highest BCUT2D eigenvalue weighted by molar-refractivity contribution is 7.15. The number of thiazole rings is 1. The van der Waals surface area contributed by atoms with Crippen LogP contribution in [-0.4, -0.2) is 4.98 Å². The molecule has 1 heterocycles. The van der Waals surface area contributed by atoms with Crippen molar-refractivity contribution in [3.63, 3.8) is 0 Å². The van der Waals surface area contributed by atoms with Crippen LogP contribution in [-0.2, 0) is 0 Å². The van der Waals surface area contributed by atoms with Crippen LogP contribution in [0.15, 0.2) is 36.5 Å². The second-order valence-corrected chi connectivity index (χ2v) is 4.65. The molecule has 0 amide bonds. The van der Waals surface area contributed by atoms with E-state index in [1.54, 1.807) is 11.3 Å². The molecule has 0 aliphatic carbocycles. The van der Waals surface area contributed by atoms with Gasteiger partial charge in [0, 0.05) is 16.6 Å². The Morgan fingerprint density at radius 3 is 2.43 bits per heavy atom. The van der Waals surface area contributed by atoms with Gasteiger partial charge in [-0.25, -0.2) is 4.98 Å². The lowest BCUT2D eigenvalue weighted by Crippen LogP contribution is -1.77. The van der Waals surface area contributed by atoms with Crippen molar-refractivity contribution >= 4 is 11.3 Å². The van der Waals surface area contributed by atoms with Gasteiger partial charge in [0.25, 0.3) is 0 Å². The Balaban J connectivity index is 2.34. The van der Waals surface area contributed by atoms with Crippen LogP contribution >= 0.6 is 11.3 Å². The first-order valence-corrected chi connectivity index (χ1v) is 5.60. The maximum atomic E-state index is 4.43. The van der Waals surface area contributed by atoms with E-state index in [2.05, 4.69) is 31.0 Å². The highest BCUT2D eigenvalue weighted by Crippen LogP contribution is 2.28. The molecular weight excluding hydrogens is 190 g/mol. The molecule has 0 saturated heterocycles. The fourth-order valence-corrected chi connectivity index (χ4v) is 2.19. The maximum absolute atomic E-state index is 4.43. The van der Waals surface area contributed by atoms with Gasteiger partial charge in [-0.1, -0.05) is 44.2 Å². The Morgan fingerprint density at radius 2 is 1.86 bits per heavy atom. The van der Waals surface area contributed by atoms with E-state index in [-0.39, 0.29) is 0 Å². The summed E-state index contributed by atoms with van der Waals surface area (Å²) in [6.45, 7) is 4.39. The highest BCUT2D eigenvalue weighted by Gasteiger charge is 2.06. The molecule has 0 unspecified atom stereocenters. The van der Waals surface area contributed by atoms with Gasteiger partial charge in [0.05, 0.1) is 0 Å². The minimum atomic E-state index is 0.574. The molecule has 0 fully saturated rings. The van der Waals surface area contributed by atoms with Crippen LogP contribution in [0.2, 0.25) is 0 Å². The van der Waals surface area contributed by atoms with Crippen molar-refractivity contribution in [3.8, 4) is 10.6 Å². The Labute approximate surface area is 88.4 Å². The number of benzene rings is 1. The fourth-order valence-electron chi connectivity index (χ4n) is 1.27. The molecule has 0 bridgehead atoms. The normalized spacial score (nSPS) is 10.8. The maximum Gasteiger partial charge on any atom is 0.123 e. The van der Waals surface area contributed by atoms with Gasteiger partial charge in [0.2, 0.25) is 0 Å². The lowest BCUT2D eigenvalue weighted by Gasteiger charge is -1.96. The first-order valence-electron chi connectivity index (χ1n) is 4.78. The quantitative estimate of drug-likeness (QED) is 0.720. The predicted octanol–water partition coefficient (Wildman–Crippen LogP) is 3.93. The molecule has 0 radical (unpaired) electrons. The standard InChI is InChI=1S/C12H13NS/c1-9(2)11-8-13-12(14-11)10-6-4-3-5-7-10/h3-9H,1-2H3. The van der Waals surface area contributed by atoms with Gasteiger partial charge < -0.3 is 0 Å². The number of hydrogen-bond donors (Lipinski definition) is 0. The summed E-state index contributed by atoms with van der Waals surface area (Å²) in [6.07, 6.45) is 1.98. The summed E-state index contributed by atoms with van der Waals surface area (Å²) in [5.41, 5.74) is 1.21. The van der Waals surface area contributed by atoms with Gasteiger partial charge in [-0.2, -0.15) is 0 Å². The van der Waals surface area contributed by atoms with Crippen molar-refractivity contribution in [2.45, 2.75) is 19.8 Å². The molecule has 2 heteroatoms. The second kappa shape index (κ2) is 3.93. The van der Waals surface area contributed by atoms with E-state index in [1.807, 2.05) is 24.4 Å². The molecule has 0 saturated carbocycles. The molecule has 2 rings (SSSR count). The van der Waals surface area contributed by atoms with Crippen LogP contribution < -0.4 is 0 Å². The summed E-state index contributed by atoms with van der Waals surface area (Å²) in [7, 11) is 0. The summed E-state index contributed by atoms with van der Waals surface area (Å²) >= 11 is 1.78. The van der Waals surface area contributed by atoms with E-state index in [0.29, 0.717) is 5.92 Å². The average molecular weight is 203 g/mol. The zero-order chi connectivity index (χ0) is 9.97. The van der Waals surface area contributed by atoms with E-state index in [0.717, 1.165) is 5.01 Å². The topological polar surface area (TPSA) is 12.9 Å². The van der Waals surface area contributed by atoms with Gasteiger partial charge >= 0.3 is 0 Å². The Morgan fingerprint density at radius 1 is 1.14 bits per heavy atom. The van der Waals surface area contributed by atoms with E-state index in [1.165, 1.54) is 10.4 Å². The SMILES string of the molecule is CC(C)c1cnc(-c2ccccc2)s1. The number of hydrogen-bond acceptors (Lipinski definition) is 2. The molecular formula is C12H13NS. The number of aromatic nitrogens is 1. The molecule has 1 aromatic carbocycles. The van der Waals surface area contributed by atoms with Crippen molar-refractivity contribution in [1.29, 1.82) is 0 Å². The van der Waals surface area contributed by atoms with Crippen molar-refractivity contribution in [1.82, 2.24) is 4.98 Å². The van der Waals surface area contributed by atoms with Gasteiger partial charge in [0.1, 0.15) is 5.01 Å². The van der Waals surface area contributed by atoms with E-state index >= 15 is 0 Å². The zero-order valence-electron chi connectivity index (χ0n) is 8.40. The molecule has 14 heavy (non-hydrogen) atoms. The molecule has 0 N–H and O–H groups in total. The van der Waals surface area contributed by atoms with E-state index < -0.39 is 0 Å². The lowest BCUT2D eigenvalue weighted by molar-refractivity contribution is 0.885. The van der Waals surface area contributed by atoms with E-state index in [4.69, 9.17) is 0 Å². The smallest absolute Gasteiger partial charge is 0.123 e. The van der Waals surface area contributed by atoms with Gasteiger partial charge in [-0.3, -0.25) is 0 Å². The summed E-state index contributed by atoms with van der Waals surface area (Å²) in [6, 6.07) is 10.3. The molecule has 1 nitrogen and oxygen atoms in total. The molecule has 1 aromatic heterocycles. The Hall–Kier alpha value is -1.15.